The number of ether oxygens (including phenoxy) is 1. The number of anilines is 1. The number of hydrogen-bond donors (Lipinski definition) is 2. The van der Waals surface area contributed by atoms with Gasteiger partial charge in [0.25, 0.3) is 0 Å². The molecule has 14 heteroatoms. The molecule has 1 aliphatic rings. The van der Waals surface area contributed by atoms with Crippen molar-refractivity contribution in [3.63, 3.8) is 0 Å². The number of pyridine rings is 1. The summed E-state index contributed by atoms with van der Waals surface area (Å²) in [5.41, 5.74) is -0.452. The van der Waals surface area contributed by atoms with Crippen LogP contribution in [0, 0.1) is 23.3 Å². The Balaban J connectivity index is 1.38. The van der Waals surface area contributed by atoms with Gasteiger partial charge in [-0.15, -0.1) is 0 Å². The number of halogens is 6. The molecule has 41 heavy (non-hydrogen) atoms. The fourth-order valence-electron chi connectivity index (χ4n) is 4.25. The predicted molar refractivity (Wildman–Crippen MR) is 144 cm³/mol. The quantitative estimate of drug-likeness (QED) is 0.182. The Morgan fingerprint density at radius 3 is 2.63 bits per heavy atom. The lowest BCUT2D eigenvalue weighted by Crippen LogP contribution is -2.36. The monoisotopic (exact) mass is 609 g/mol. The standard InChI is InChI=1S/C27H21ClF5N5O2S/c28-16-4-3-14(19(30)9-16)13-41(39)38-25-20(31)10-22(23(32)24(25)33)40-27-18(2-1-6-36-27)21-5-7-35-26(37-21)15-8-17(29)12-34-11-15/h1-7,9-10,15,17,34,38H,8,11-13H2. The second-order valence-corrected chi connectivity index (χ2v) is 10.8. The van der Waals surface area contributed by atoms with Crippen molar-refractivity contribution >= 4 is 28.3 Å². The minimum Gasteiger partial charge on any atom is -0.435 e. The Labute approximate surface area is 238 Å². The van der Waals surface area contributed by atoms with Gasteiger partial charge in [0, 0.05) is 48.1 Å². The third kappa shape index (κ3) is 6.63. The van der Waals surface area contributed by atoms with Crippen LogP contribution in [-0.2, 0) is 16.7 Å². The molecule has 1 aliphatic heterocycles. The minimum absolute atomic E-state index is 0.0266. The third-order valence-corrected chi connectivity index (χ3v) is 7.47. The SMILES string of the molecule is O=S(Cc1ccc(Cl)cc1F)Nc1c(F)cc(Oc2ncccc2-c2ccnc(C3CNCC(F)C3)n2)c(F)c1F. The van der Waals surface area contributed by atoms with E-state index in [1.807, 2.05) is 4.72 Å². The topological polar surface area (TPSA) is 89.0 Å². The maximum atomic E-state index is 15.0. The fourth-order valence-corrected chi connectivity index (χ4v) is 5.41. The Morgan fingerprint density at radius 2 is 1.85 bits per heavy atom. The van der Waals surface area contributed by atoms with Crippen LogP contribution < -0.4 is 14.8 Å². The number of benzene rings is 2. The first kappa shape index (κ1) is 28.8. The van der Waals surface area contributed by atoms with Crippen molar-refractivity contribution < 1.29 is 30.9 Å². The molecule has 0 spiro atoms. The fraction of sp³-hybridized carbons (Fsp3) is 0.222. The minimum atomic E-state index is -2.22. The largest absolute Gasteiger partial charge is 0.435 e. The summed E-state index contributed by atoms with van der Waals surface area (Å²) < 4.78 is 92.7. The van der Waals surface area contributed by atoms with Crippen LogP contribution in [0.25, 0.3) is 11.3 Å². The first-order chi connectivity index (χ1) is 19.7. The van der Waals surface area contributed by atoms with Gasteiger partial charge in [0.05, 0.1) is 17.0 Å². The van der Waals surface area contributed by atoms with Crippen LogP contribution in [-0.4, -0.2) is 38.4 Å². The molecule has 0 aliphatic carbocycles. The molecule has 2 aromatic heterocycles. The van der Waals surface area contributed by atoms with Crippen LogP contribution in [0.15, 0.2) is 54.9 Å². The molecule has 214 valence electrons. The lowest BCUT2D eigenvalue weighted by Gasteiger charge is -2.24. The zero-order valence-electron chi connectivity index (χ0n) is 21.0. The molecule has 4 aromatic rings. The zero-order chi connectivity index (χ0) is 29.1. The highest BCUT2D eigenvalue weighted by molar-refractivity contribution is 7.85. The molecule has 1 fully saturated rings. The first-order valence-electron chi connectivity index (χ1n) is 12.3. The van der Waals surface area contributed by atoms with E-state index in [9.17, 15) is 21.8 Å². The molecular weight excluding hydrogens is 589 g/mol. The van der Waals surface area contributed by atoms with Gasteiger partial charge in [-0.2, -0.15) is 4.39 Å². The molecule has 2 aromatic carbocycles. The van der Waals surface area contributed by atoms with Crippen molar-refractivity contribution in [1.82, 2.24) is 20.3 Å². The summed E-state index contributed by atoms with van der Waals surface area (Å²) >= 11 is 5.69. The van der Waals surface area contributed by atoms with E-state index >= 15 is 4.39 Å². The second-order valence-electron chi connectivity index (χ2n) is 9.13. The van der Waals surface area contributed by atoms with Crippen LogP contribution in [0.4, 0.5) is 27.6 Å². The maximum absolute atomic E-state index is 15.0. The van der Waals surface area contributed by atoms with Crippen molar-refractivity contribution in [3.05, 3.63) is 94.5 Å². The van der Waals surface area contributed by atoms with E-state index < -0.39 is 57.6 Å². The molecule has 0 amide bonds. The predicted octanol–water partition coefficient (Wildman–Crippen LogP) is 6.23. The van der Waals surface area contributed by atoms with E-state index in [4.69, 9.17) is 16.3 Å². The summed E-state index contributed by atoms with van der Waals surface area (Å²) in [6.45, 7) is 0.741. The number of rotatable bonds is 8. The van der Waals surface area contributed by atoms with Gasteiger partial charge in [-0.3, -0.25) is 4.72 Å². The van der Waals surface area contributed by atoms with Crippen molar-refractivity contribution in [3.8, 4) is 22.9 Å². The van der Waals surface area contributed by atoms with E-state index in [1.165, 1.54) is 24.5 Å². The van der Waals surface area contributed by atoms with Crippen LogP contribution in [0.3, 0.4) is 0 Å². The summed E-state index contributed by atoms with van der Waals surface area (Å²) in [4.78, 5) is 12.8. The molecular formula is C27H21ClF5N5O2S. The summed E-state index contributed by atoms with van der Waals surface area (Å²) in [5, 5.41) is 3.10. The third-order valence-electron chi connectivity index (χ3n) is 6.23. The van der Waals surface area contributed by atoms with E-state index in [-0.39, 0.29) is 40.9 Å². The average Bonchev–Trinajstić information content (AvgIpc) is 2.96. The van der Waals surface area contributed by atoms with E-state index in [0.29, 0.717) is 24.1 Å². The molecule has 3 atom stereocenters. The van der Waals surface area contributed by atoms with Crippen molar-refractivity contribution in [2.75, 3.05) is 17.8 Å². The molecule has 0 bridgehead atoms. The van der Waals surface area contributed by atoms with Gasteiger partial charge >= 0.3 is 0 Å². The molecule has 2 N–H and O–H groups in total. The van der Waals surface area contributed by atoms with E-state index in [0.717, 1.165) is 6.07 Å². The molecule has 3 unspecified atom stereocenters. The number of piperidine rings is 1. The van der Waals surface area contributed by atoms with Crippen LogP contribution >= 0.6 is 11.6 Å². The van der Waals surface area contributed by atoms with Crippen LogP contribution in [0.2, 0.25) is 5.02 Å². The van der Waals surface area contributed by atoms with Crippen LogP contribution in [0.1, 0.15) is 23.7 Å². The first-order valence-corrected chi connectivity index (χ1v) is 14.0. The van der Waals surface area contributed by atoms with Crippen molar-refractivity contribution in [1.29, 1.82) is 0 Å². The van der Waals surface area contributed by atoms with Gasteiger partial charge in [0.1, 0.15) is 34.5 Å². The van der Waals surface area contributed by atoms with E-state index in [2.05, 4.69) is 20.3 Å². The molecule has 1 saturated heterocycles. The van der Waals surface area contributed by atoms with Gasteiger partial charge < -0.3 is 10.1 Å². The summed E-state index contributed by atoms with van der Waals surface area (Å²) in [6.07, 6.45) is 2.02. The highest BCUT2D eigenvalue weighted by Crippen LogP contribution is 2.36. The number of nitrogens with zero attached hydrogens (tertiary/aromatic N) is 3. The Bertz CT molecular complexity index is 1610. The summed E-state index contributed by atoms with van der Waals surface area (Å²) in [7, 11) is -2.22. The molecule has 0 saturated carbocycles. The molecule has 0 radical (unpaired) electrons. The van der Waals surface area contributed by atoms with Crippen LogP contribution in [0.5, 0.6) is 11.6 Å². The van der Waals surface area contributed by atoms with E-state index in [1.54, 1.807) is 18.2 Å². The second kappa shape index (κ2) is 12.5. The van der Waals surface area contributed by atoms with Gasteiger partial charge in [-0.1, -0.05) is 17.7 Å². The molecule has 5 rings (SSSR count). The van der Waals surface area contributed by atoms with Crippen molar-refractivity contribution in [2.45, 2.75) is 24.3 Å². The summed E-state index contributed by atoms with van der Waals surface area (Å²) in [5.74, 6) is -6.73. The van der Waals surface area contributed by atoms with Gasteiger partial charge in [0.15, 0.2) is 17.4 Å². The number of aromatic nitrogens is 3. The Hall–Kier alpha value is -3.68. The zero-order valence-corrected chi connectivity index (χ0v) is 22.6. The highest BCUT2D eigenvalue weighted by atomic mass is 35.5. The van der Waals surface area contributed by atoms with Gasteiger partial charge in [-0.05, 0) is 36.8 Å². The molecule has 7 nitrogen and oxygen atoms in total. The van der Waals surface area contributed by atoms with Crippen molar-refractivity contribution in [2.24, 2.45) is 0 Å². The Kier molecular flexibility index (Phi) is 8.76. The van der Waals surface area contributed by atoms with Gasteiger partial charge in [-0.25, -0.2) is 36.7 Å². The lowest BCUT2D eigenvalue weighted by molar-refractivity contribution is 0.243. The number of alkyl halides is 1. The Morgan fingerprint density at radius 1 is 1.02 bits per heavy atom. The summed E-state index contributed by atoms with van der Waals surface area (Å²) in [6, 6.07) is 8.88. The number of hydrogen-bond acceptors (Lipinski definition) is 6. The maximum Gasteiger partial charge on any atom is 0.228 e. The smallest absolute Gasteiger partial charge is 0.228 e. The normalized spacial score (nSPS) is 17.7. The molecule has 3 heterocycles. The van der Waals surface area contributed by atoms with Gasteiger partial charge in [0.2, 0.25) is 11.7 Å². The lowest BCUT2D eigenvalue weighted by atomic mass is 9.97. The number of nitrogens with one attached hydrogen (secondary N) is 2. The average molecular weight is 610 g/mol. The highest BCUT2D eigenvalue weighted by Gasteiger charge is 2.26.